The topological polar surface area (TPSA) is 118 Å². The summed E-state index contributed by atoms with van der Waals surface area (Å²) in [5.41, 5.74) is 1.73. The van der Waals surface area contributed by atoms with Crippen LogP contribution in [-0.2, 0) is 31.0 Å². The molecule has 14 heteroatoms. The smallest absolute Gasteiger partial charge is 0.363 e. The summed E-state index contributed by atoms with van der Waals surface area (Å²) in [5, 5.41) is 6.77. The number of pyridine rings is 1. The first kappa shape index (κ1) is 29.7. The summed E-state index contributed by atoms with van der Waals surface area (Å²) in [7, 11) is 1.74. The highest BCUT2D eigenvalue weighted by Crippen LogP contribution is 2.32. The predicted molar refractivity (Wildman–Crippen MR) is 154 cm³/mol. The Morgan fingerprint density at radius 1 is 1.07 bits per heavy atom. The van der Waals surface area contributed by atoms with Gasteiger partial charge in [-0.2, -0.15) is 18.3 Å². The number of carbonyl (C=O) groups is 2. The number of benzene rings is 1. The number of piperazine rings is 1. The van der Waals surface area contributed by atoms with Crippen molar-refractivity contribution in [3.8, 4) is 0 Å². The van der Waals surface area contributed by atoms with Gasteiger partial charge in [0.2, 0.25) is 11.3 Å². The van der Waals surface area contributed by atoms with Crippen molar-refractivity contribution in [2.24, 2.45) is 7.05 Å². The minimum atomic E-state index is -4.50. The van der Waals surface area contributed by atoms with Crippen molar-refractivity contribution in [1.29, 1.82) is 0 Å². The molecule has 226 valence electrons. The normalized spacial score (nSPS) is 13.9. The molecule has 0 saturated carbocycles. The van der Waals surface area contributed by atoms with Crippen LogP contribution in [0.4, 0.5) is 24.5 Å². The number of halogens is 3. The lowest BCUT2D eigenvalue weighted by Crippen LogP contribution is -2.50. The van der Waals surface area contributed by atoms with Gasteiger partial charge < -0.3 is 19.7 Å². The van der Waals surface area contributed by atoms with Gasteiger partial charge in [0, 0.05) is 57.0 Å². The summed E-state index contributed by atoms with van der Waals surface area (Å²) in [6, 6.07) is 3.12. The summed E-state index contributed by atoms with van der Waals surface area (Å²) in [6.45, 7) is 6.36. The van der Waals surface area contributed by atoms with Gasteiger partial charge in [-0.1, -0.05) is 6.92 Å². The summed E-state index contributed by atoms with van der Waals surface area (Å²) in [5.74, 6) is -0.639. The van der Waals surface area contributed by atoms with Gasteiger partial charge in [0.1, 0.15) is 12.2 Å². The fraction of sp³-hybridized carbons (Fsp3) is 0.379. The second-order valence-electron chi connectivity index (χ2n) is 10.5. The van der Waals surface area contributed by atoms with Crippen molar-refractivity contribution < 1.29 is 22.8 Å². The molecule has 0 unspecified atom stereocenters. The van der Waals surface area contributed by atoms with E-state index in [-0.39, 0.29) is 40.3 Å². The van der Waals surface area contributed by atoms with Crippen LogP contribution in [0, 0.1) is 13.8 Å². The van der Waals surface area contributed by atoms with E-state index in [4.69, 9.17) is 0 Å². The zero-order chi connectivity index (χ0) is 31.1. The number of carbonyl (C=O) groups excluding carboxylic acids is 2. The number of hydrogen-bond acceptors (Lipinski definition) is 7. The maximum atomic E-state index is 13.8. The van der Waals surface area contributed by atoms with Crippen LogP contribution in [0.25, 0.3) is 11.2 Å². The van der Waals surface area contributed by atoms with Crippen molar-refractivity contribution >= 4 is 34.4 Å². The lowest BCUT2D eigenvalue weighted by molar-refractivity contribution is -0.137. The number of rotatable bonds is 6. The summed E-state index contributed by atoms with van der Waals surface area (Å²) in [6.07, 6.45) is 0.549. The van der Waals surface area contributed by atoms with Gasteiger partial charge in [0.05, 0.1) is 23.0 Å². The van der Waals surface area contributed by atoms with Crippen molar-refractivity contribution in [3.63, 3.8) is 0 Å². The van der Waals surface area contributed by atoms with Gasteiger partial charge in [-0.3, -0.25) is 19.1 Å². The highest BCUT2D eigenvalue weighted by atomic mass is 19.4. The molecule has 4 heterocycles. The average Bonchev–Trinajstić information content (AvgIpc) is 3.40. The fourth-order valence-electron chi connectivity index (χ4n) is 5.33. The molecule has 0 radical (unpaired) electrons. The highest BCUT2D eigenvalue weighted by Gasteiger charge is 2.31. The van der Waals surface area contributed by atoms with E-state index in [2.05, 4.69) is 20.4 Å². The van der Waals surface area contributed by atoms with Gasteiger partial charge in [0.25, 0.3) is 5.91 Å². The standard InChI is InChI=1S/C29H31F3N8O3/c1-5-22-25(38-8-10-39(11-9-38)28(43)19-14-34-37(4)15-19)26(42)24-27(35-18(3)13-33-24)40(22)16-23(41)36-21-7-6-20(12-17(21)2)29(30,31)32/h6-7,12-15H,5,8-11,16H2,1-4H3,(H,36,41). The van der Waals surface area contributed by atoms with Crippen LogP contribution in [0.2, 0.25) is 0 Å². The van der Waals surface area contributed by atoms with E-state index in [1.165, 1.54) is 25.4 Å². The second kappa shape index (κ2) is 11.5. The largest absolute Gasteiger partial charge is 0.416 e. The average molecular weight is 597 g/mol. The van der Waals surface area contributed by atoms with Crippen LogP contribution in [0.3, 0.4) is 0 Å². The van der Waals surface area contributed by atoms with Gasteiger partial charge in [0.15, 0.2) is 11.2 Å². The molecule has 2 amide bonds. The Labute approximate surface area is 244 Å². The molecule has 0 aliphatic carbocycles. The minimum Gasteiger partial charge on any atom is -0.363 e. The molecule has 5 rings (SSSR count). The monoisotopic (exact) mass is 596 g/mol. The molecule has 1 aliphatic heterocycles. The molecule has 1 saturated heterocycles. The molecule has 11 nitrogen and oxygen atoms in total. The Kier molecular flexibility index (Phi) is 7.95. The molecule has 1 aliphatic rings. The van der Waals surface area contributed by atoms with Crippen LogP contribution in [0.1, 0.15) is 39.8 Å². The van der Waals surface area contributed by atoms with Gasteiger partial charge in [-0.25, -0.2) is 9.97 Å². The quantitative estimate of drug-likeness (QED) is 0.363. The van der Waals surface area contributed by atoms with Crippen molar-refractivity contribution in [2.45, 2.75) is 39.9 Å². The molecule has 0 atom stereocenters. The number of nitrogens with zero attached hydrogens (tertiary/aromatic N) is 7. The Bertz CT molecular complexity index is 1770. The Hall–Kier alpha value is -4.75. The number of anilines is 2. The van der Waals surface area contributed by atoms with Gasteiger partial charge in [-0.15, -0.1) is 0 Å². The molecule has 1 N–H and O–H groups in total. The maximum absolute atomic E-state index is 13.8. The van der Waals surface area contributed by atoms with Crippen LogP contribution in [0.5, 0.6) is 0 Å². The molecule has 0 spiro atoms. The third kappa shape index (κ3) is 5.94. The molecule has 1 fully saturated rings. The molecule has 43 heavy (non-hydrogen) atoms. The lowest BCUT2D eigenvalue weighted by Gasteiger charge is -2.37. The molecule has 0 bridgehead atoms. The molecular formula is C29H31F3N8O3. The molecule has 1 aromatic carbocycles. The van der Waals surface area contributed by atoms with E-state index in [1.807, 2.05) is 11.8 Å². The van der Waals surface area contributed by atoms with E-state index >= 15 is 0 Å². The first-order chi connectivity index (χ1) is 20.4. The van der Waals surface area contributed by atoms with E-state index in [0.29, 0.717) is 55.2 Å². The third-order valence-electron chi connectivity index (χ3n) is 7.46. The second-order valence-corrected chi connectivity index (χ2v) is 10.5. The van der Waals surface area contributed by atoms with Crippen molar-refractivity contribution in [1.82, 2.24) is 29.2 Å². The number of alkyl halides is 3. The number of amides is 2. The van der Waals surface area contributed by atoms with Crippen LogP contribution in [-0.4, -0.2) is 67.2 Å². The molecule has 3 aromatic heterocycles. The SMILES string of the molecule is CCc1c(N2CCN(C(=O)c3cnn(C)c3)CC2)c(=O)c2ncc(C)nc2n1CC(=O)Nc1ccc(C(F)(F)F)cc1C. The number of aromatic nitrogens is 5. The summed E-state index contributed by atoms with van der Waals surface area (Å²) < 4.78 is 42.6. The number of aryl methyl sites for hydroxylation is 3. The van der Waals surface area contributed by atoms with Crippen LogP contribution >= 0.6 is 0 Å². The maximum Gasteiger partial charge on any atom is 0.416 e. The number of nitrogens with one attached hydrogen (secondary N) is 1. The van der Waals surface area contributed by atoms with Gasteiger partial charge >= 0.3 is 6.18 Å². The molecule has 4 aromatic rings. The Balaban J connectivity index is 1.46. The minimum absolute atomic E-state index is 0.102. The Morgan fingerprint density at radius 2 is 1.79 bits per heavy atom. The zero-order valence-corrected chi connectivity index (χ0v) is 24.2. The van der Waals surface area contributed by atoms with Crippen molar-refractivity contribution in [2.75, 3.05) is 36.4 Å². The first-order valence-corrected chi connectivity index (χ1v) is 13.8. The molecular weight excluding hydrogens is 565 g/mol. The predicted octanol–water partition coefficient (Wildman–Crippen LogP) is 3.32. The van der Waals surface area contributed by atoms with E-state index < -0.39 is 17.6 Å². The highest BCUT2D eigenvalue weighted by molar-refractivity contribution is 5.94. The fourth-order valence-corrected chi connectivity index (χ4v) is 5.33. The van der Waals surface area contributed by atoms with E-state index in [0.717, 1.165) is 12.1 Å². The summed E-state index contributed by atoms with van der Waals surface area (Å²) in [4.78, 5) is 52.5. The Morgan fingerprint density at radius 3 is 2.40 bits per heavy atom. The summed E-state index contributed by atoms with van der Waals surface area (Å²) >= 11 is 0. The van der Waals surface area contributed by atoms with Crippen LogP contribution in [0.15, 0.2) is 41.6 Å². The lowest BCUT2D eigenvalue weighted by atomic mass is 10.1. The van der Waals surface area contributed by atoms with Gasteiger partial charge in [-0.05, 0) is 44.0 Å². The van der Waals surface area contributed by atoms with E-state index in [1.54, 1.807) is 34.3 Å². The number of fused-ring (bicyclic) bond motifs is 1. The van der Waals surface area contributed by atoms with E-state index in [9.17, 15) is 27.6 Å². The van der Waals surface area contributed by atoms with Crippen LogP contribution < -0.4 is 15.6 Å². The first-order valence-electron chi connectivity index (χ1n) is 13.8. The zero-order valence-electron chi connectivity index (χ0n) is 24.2. The number of hydrogen-bond donors (Lipinski definition) is 1. The third-order valence-corrected chi connectivity index (χ3v) is 7.46. The van der Waals surface area contributed by atoms with Crippen molar-refractivity contribution in [3.05, 3.63) is 75.1 Å².